The summed E-state index contributed by atoms with van der Waals surface area (Å²) in [5, 5.41) is 40.2. The van der Waals surface area contributed by atoms with Crippen molar-refractivity contribution in [2.75, 3.05) is 26.4 Å². The van der Waals surface area contributed by atoms with Crippen molar-refractivity contribution < 1.29 is 44.2 Å². The fourth-order valence-electron chi connectivity index (χ4n) is 7.67. The Kier molecular flexibility index (Phi) is 41.6. The number of rotatable bonds is 44. The third-order valence-electron chi connectivity index (χ3n) is 11.7. The van der Waals surface area contributed by atoms with Gasteiger partial charge in [-0.3, -0.25) is 4.79 Å². The molecule has 0 saturated carbocycles. The topological polar surface area (TPSA) is 135 Å². The second kappa shape index (κ2) is 44.4. The molecule has 1 aliphatic rings. The highest BCUT2D eigenvalue weighted by atomic mass is 16.7. The van der Waals surface area contributed by atoms with Crippen molar-refractivity contribution in [1.29, 1.82) is 0 Å². The first kappa shape index (κ1) is 58.2. The van der Waals surface area contributed by atoms with Crippen molar-refractivity contribution in [2.24, 2.45) is 0 Å². The third-order valence-corrected chi connectivity index (χ3v) is 11.7. The molecule has 0 aliphatic carbocycles. The van der Waals surface area contributed by atoms with E-state index in [0.29, 0.717) is 13.0 Å². The smallest absolute Gasteiger partial charge is 0.306 e. The van der Waals surface area contributed by atoms with Gasteiger partial charge in [0.05, 0.1) is 19.8 Å². The first-order valence-electron chi connectivity index (χ1n) is 25.7. The molecule has 9 heteroatoms. The standard InChI is InChI=1S/C53H96O9/c1-3-5-7-9-11-13-15-17-19-21-23-25-27-29-31-33-35-37-39-41-43-59-45-47(46-60-53-52(58)51(57)50(56)48(44-54)62-53)61-49(55)42-40-38-36-34-32-30-28-26-24-22-20-18-16-14-12-10-8-6-4-2/h12,14,17-20,24,26,47-48,50-54,56-58H,3-11,13,15-16,21-23,25,27-46H2,1-2H3/b14-12-,19-17-,20-18-,26-24-. The van der Waals surface area contributed by atoms with Crippen LogP contribution in [0.3, 0.4) is 0 Å². The summed E-state index contributed by atoms with van der Waals surface area (Å²) < 4.78 is 22.9. The molecule has 4 N–H and O–H groups in total. The first-order valence-corrected chi connectivity index (χ1v) is 25.7. The van der Waals surface area contributed by atoms with Crippen molar-refractivity contribution in [3.8, 4) is 0 Å². The lowest BCUT2D eigenvalue weighted by atomic mass is 9.99. The van der Waals surface area contributed by atoms with Crippen LogP contribution in [-0.4, -0.2) is 89.6 Å². The van der Waals surface area contributed by atoms with Crippen LogP contribution in [0.2, 0.25) is 0 Å². The number of carbonyl (C=O) groups excluding carboxylic acids is 1. The molecule has 0 aromatic rings. The zero-order valence-corrected chi connectivity index (χ0v) is 39.9. The van der Waals surface area contributed by atoms with Crippen LogP contribution < -0.4 is 0 Å². The van der Waals surface area contributed by atoms with Gasteiger partial charge in [-0.1, -0.05) is 184 Å². The zero-order valence-electron chi connectivity index (χ0n) is 39.9. The molecule has 9 nitrogen and oxygen atoms in total. The maximum atomic E-state index is 12.8. The summed E-state index contributed by atoms with van der Waals surface area (Å²) >= 11 is 0. The Labute approximate surface area is 380 Å². The maximum Gasteiger partial charge on any atom is 0.306 e. The molecule has 62 heavy (non-hydrogen) atoms. The number of unbranched alkanes of at least 4 members (excludes halogenated alkanes) is 25. The number of hydrogen-bond donors (Lipinski definition) is 4. The van der Waals surface area contributed by atoms with Gasteiger partial charge in [0.1, 0.15) is 30.5 Å². The van der Waals surface area contributed by atoms with Crippen molar-refractivity contribution in [3.05, 3.63) is 48.6 Å². The van der Waals surface area contributed by atoms with Crippen LogP contribution in [0.25, 0.3) is 0 Å². The summed E-state index contributed by atoms with van der Waals surface area (Å²) in [7, 11) is 0. The van der Waals surface area contributed by atoms with Crippen molar-refractivity contribution in [2.45, 2.75) is 256 Å². The Morgan fingerprint density at radius 3 is 1.45 bits per heavy atom. The van der Waals surface area contributed by atoms with Crippen LogP contribution >= 0.6 is 0 Å². The minimum absolute atomic E-state index is 0.119. The Bertz CT molecular complexity index is 1090. The van der Waals surface area contributed by atoms with E-state index in [2.05, 4.69) is 62.5 Å². The number of esters is 1. The monoisotopic (exact) mass is 877 g/mol. The molecule has 1 fully saturated rings. The number of hydrogen-bond acceptors (Lipinski definition) is 9. The van der Waals surface area contributed by atoms with Crippen LogP contribution in [0.5, 0.6) is 0 Å². The number of allylic oxidation sites excluding steroid dienone is 8. The van der Waals surface area contributed by atoms with Gasteiger partial charge in [0.2, 0.25) is 0 Å². The number of aliphatic hydroxyl groups is 4. The van der Waals surface area contributed by atoms with Crippen LogP contribution in [0.4, 0.5) is 0 Å². The molecule has 0 radical (unpaired) electrons. The van der Waals surface area contributed by atoms with Gasteiger partial charge in [0, 0.05) is 13.0 Å². The second-order valence-corrected chi connectivity index (χ2v) is 17.6. The predicted molar refractivity (Wildman–Crippen MR) is 256 cm³/mol. The SMILES string of the molecule is CCCCC/C=C\C/C=C\C/C=C\CCCCCCCCC(=O)OC(COCCCCCCCCCCCC/C=C\CCCCCCCC)COC1OC(CO)C(O)C(O)C1O. The highest BCUT2D eigenvalue weighted by Gasteiger charge is 2.44. The fourth-order valence-corrected chi connectivity index (χ4v) is 7.67. The molecule has 1 aliphatic heterocycles. The van der Waals surface area contributed by atoms with Crippen molar-refractivity contribution in [3.63, 3.8) is 0 Å². The van der Waals surface area contributed by atoms with Crippen LogP contribution in [0.1, 0.15) is 219 Å². The molecule has 1 rings (SSSR count). The van der Waals surface area contributed by atoms with E-state index in [1.807, 2.05) is 0 Å². The molecule has 0 bridgehead atoms. The van der Waals surface area contributed by atoms with Crippen LogP contribution in [0, 0.1) is 0 Å². The molecule has 1 heterocycles. The summed E-state index contributed by atoms with van der Waals surface area (Å²) in [6, 6.07) is 0. The van der Waals surface area contributed by atoms with Gasteiger partial charge in [-0.25, -0.2) is 0 Å². The first-order chi connectivity index (χ1) is 30.4. The molecule has 6 atom stereocenters. The van der Waals surface area contributed by atoms with Crippen molar-refractivity contribution in [1.82, 2.24) is 0 Å². The Hall–Kier alpha value is -1.85. The summed E-state index contributed by atoms with van der Waals surface area (Å²) in [6.45, 7) is 4.53. The number of aliphatic hydroxyl groups excluding tert-OH is 4. The molecule has 362 valence electrons. The Morgan fingerprint density at radius 1 is 0.516 bits per heavy atom. The van der Waals surface area contributed by atoms with E-state index in [9.17, 15) is 25.2 Å². The van der Waals surface area contributed by atoms with Crippen molar-refractivity contribution >= 4 is 5.97 Å². The van der Waals surface area contributed by atoms with Gasteiger partial charge >= 0.3 is 5.97 Å². The van der Waals surface area contributed by atoms with E-state index < -0.39 is 43.4 Å². The van der Waals surface area contributed by atoms with Crippen LogP contribution in [0.15, 0.2) is 48.6 Å². The molecule has 0 amide bonds. The largest absolute Gasteiger partial charge is 0.457 e. The van der Waals surface area contributed by atoms with E-state index in [1.54, 1.807) is 0 Å². The number of ether oxygens (including phenoxy) is 4. The van der Waals surface area contributed by atoms with E-state index in [4.69, 9.17) is 18.9 Å². The van der Waals surface area contributed by atoms with Gasteiger partial charge in [0.15, 0.2) is 6.29 Å². The predicted octanol–water partition coefficient (Wildman–Crippen LogP) is 12.5. The van der Waals surface area contributed by atoms with Gasteiger partial charge in [-0.15, -0.1) is 0 Å². The van der Waals surface area contributed by atoms with Gasteiger partial charge in [-0.05, 0) is 77.0 Å². The van der Waals surface area contributed by atoms with Gasteiger partial charge < -0.3 is 39.4 Å². The molecular formula is C53H96O9. The summed E-state index contributed by atoms with van der Waals surface area (Å²) in [4.78, 5) is 12.8. The Morgan fingerprint density at radius 2 is 0.935 bits per heavy atom. The average Bonchev–Trinajstić information content (AvgIpc) is 3.27. The lowest BCUT2D eigenvalue weighted by Gasteiger charge is -2.39. The molecule has 1 saturated heterocycles. The quantitative estimate of drug-likeness (QED) is 0.0268. The fraction of sp³-hybridized carbons (Fsp3) is 0.830. The van der Waals surface area contributed by atoms with E-state index in [0.717, 1.165) is 57.8 Å². The summed E-state index contributed by atoms with van der Waals surface area (Å²) in [5.41, 5.74) is 0. The Balaban J connectivity index is 2.22. The van der Waals surface area contributed by atoms with Gasteiger partial charge in [0.25, 0.3) is 0 Å². The molecule has 6 unspecified atom stereocenters. The highest BCUT2D eigenvalue weighted by molar-refractivity contribution is 5.69. The molecular weight excluding hydrogens is 781 g/mol. The van der Waals surface area contributed by atoms with Crippen LogP contribution in [-0.2, 0) is 23.7 Å². The normalized spacial score (nSPS) is 20.1. The van der Waals surface area contributed by atoms with E-state index >= 15 is 0 Å². The minimum Gasteiger partial charge on any atom is -0.457 e. The summed E-state index contributed by atoms with van der Waals surface area (Å²) in [6.07, 6.45) is 48.5. The molecule has 0 aromatic carbocycles. The lowest BCUT2D eigenvalue weighted by molar-refractivity contribution is -0.305. The molecule has 0 spiro atoms. The second-order valence-electron chi connectivity index (χ2n) is 17.6. The van der Waals surface area contributed by atoms with Gasteiger partial charge in [-0.2, -0.15) is 0 Å². The number of carbonyl (C=O) groups is 1. The summed E-state index contributed by atoms with van der Waals surface area (Å²) in [5.74, 6) is -0.325. The lowest BCUT2D eigenvalue weighted by Crippen LogP contribution is -2.59. The third kappa shape index (κ3) is 34.5. The highest BCUT2D eigenvalue weighted by Crippen LogP contribution is 2.23. The average molecular weight is 877 g/mol. The van der Waals surface area contributed by atoms with E-state index in [1.165, 1.54) is 141 Å². The molecule has 0 aromatic heterocycles. The maximum absolute atomic E-state index is 12.8. The minimum atomic E-state index is -1.54. The van der Waals surface area contributed by atoms with E-state index in [-0.39, 0.29) is 19.2 Å². The zero-order chi connectivity index (χ0) is 45.0.